The third kappa shape index (κ3) is 6.65. The summed E-state index contributed by atoms with van der Waals surface area (Å²) in [5.74, 6) is -0.330. The number of hydrogen-bond acceptors (Lipinski definition) is 5. The highest BCUT2D eigenvalue weighted by Gasteiger charge is 2.23. The Morgan fingerprint density at radius 1 is 1.25 bits per heavy atom. The summed E-state index contributed by atoms with van der Waals surface area (Å²) in [6, 6.07) is 3.13. The molecule has 7 nitrogen and oxygen atoms in total. The maximum Gasteiger partial charge on any atom is 0.410 e. The summed E-state index contributed by atoms with van der Waals surface area (Å²) in [4.78, 5) is 17.0. The fraction of sp³-hybridized carbons (Fsp3) is 0.652. The average molecular weight is 513 g/mol. The van der Waals surface area contributed by atoms with Crippen molar-refractivity contribution < 1.29 is 18.7 Å². The highest BCUT2D eigenvalue weighted by Crippen LogP contribution is 2.29. The highest BCUT2D eigenvalue weighted by molar-refractivity contribution is 9.10. The van der Waals surface area contributed by atoms with E-state index in [1.165, 1.54) is 6.07 Å². The molecule has 1 aromatic heterocycles. The number of aromatic nitrogens is 2. The van der Waals surface area contributed by atoms with Crippen molar-refractivity contribution in [1.82, 2.24) is 19.6 Å². The number of hydrogen-bond donors (Lipinski definition) is 0. The van der Waals surface area contributed by atoms with Crippen LogP contribution in [0.25, 0.3) is 10.9 Å². The minimum absolute atomic E-state index is 0.290. The van der Waals surface area contributed by atoms with Crippen LogP contribution in [0.2, 0.25) is 0 Å². The highest BCUT2D eigenvalue weighted by atomic mass is 79.9. The van der Waals surface area contributed by atoms with Crippen molar-refractivity contribution in [1.29, 1.82) is 0 Å². The summed E-state index contributed by atoms with van der Waals surface area (Å²) in [6.07, 6.45) is 2.00. The van der Waals surface area contributed by atoms with E-state index in [1.807, 2.05) is 27.8 Å². The maximum absolute atomic E-state index is 14.2. The van der Waals surface area contributed by atoms with Gasteiger partial charge in [-0.1, -0.05) is 15.9 Å². The van der Waals surface area contributed by atoms with Crippen LogP contribution in [0.5, 0.6) is 0 Å². The Morgan fingerprint density at radius 2 is 1.94 bits per heavy atom. The van der Waals surface area contributed by atoms with E-state index in [4.69, 9.17) is 9.47 Å². The van der Waals surface area contributed by atoms with Gasteiger partial charge in [-0.2, -0.15) is 5.10 Å². The first-order valence-electron chi connectivity index (χ1n) is 11.2. The zero-order valence-corrected chi connectivity index (χ0v) is 21.1. The summed E-state index contributed by atoms with van der Waals surface area (Å²) in [6.45, 7) is 11.2. The van der Waals surface area contributed by atoms with Gasteiger partial charge in [-0.25, -0.2) is 9.18 Å². The van der Waals surface area contributed by atoms with Crippen molar-refractivity contribution in [2.75, 3.05) is 45.9 Å². The summed E-state index contributed by atoms with van der Waals surface area (Å²) < 4.78 is 27.8. The van der Waals surface area contributed by atoms with Crippen molar-refractivity contribution in [2.45, 2.75) is 45.6 Å². The maximum atomic E-state index is 14.2. The quantitative estimate of drug-likeness (QED) is 0.525. The van der Waals surface area contributed by atoms with E-state index in [0.29, 0.717) is 25.0 Å². The molecule has 0 unspecified atom stereocenters. The van der Waals surface area contributed by atoms with Crippen LogP contribution in [0, 0.1) is 5.82 Å². The molecule has 1 fully saturated rings. The Balaban J connectivity index is 1.63. The molecular formula is C23H34BrFN4O3. The fourth-order valence-corrected chi connectivity index (χ4v) is 4.49. The zero-order valence-electron chi connectivity index (χ0n) is 19.5. The average Bonchev–Trinajstić information content (AvgIpc) is 3.06. The van der Waals surface area contributed by atoms with Gasteiger partial charge in [0.15, 0.2) is 5.82 Å². The van der Waals surface area contributed by atoms with E-state index >= 15 is 0 Å². The second-order valence-corrected chi connectivity index (χ2v) is 10.1. The number of aryl methyl sites for hydroxylation is 2. The molecule has 1 amide bonds. The van der Waals surface area contributed by atoms with Crippen molar-refractivity contribution in [3.05, 3.63) is 28.1 Å². The lowest BCUT2D eigenvalue weighted by Crippen LogP contribution is -2.41. The molecule has 2 heterocycles. The molecule has 0 radical (unpaired) electrons. The smallest absolute Gasteiger partial charge is 0.410 e. The minimum atomic E-state index is -0.541. The Kier molecular flexibility index (Phi) is 8.52. The lowest BCUT2D eigenvalue weighted by atomic mass is 10.1. The number of carbonyl (C=O) groups is 1. The Morgan fingerprint density at radius 3 is 2.62 bits per heavy atom. The van der Waals surface area contributed by atoms with Crippen LogP contribution in [0.3, 0.4) is 0 Å². The number of amides is 1. The Bertz CT molecular complexity index is 922. The first-order valence-corrected chi connectivity index (χ1v) is 12.0. The topological polar surface area (TPSA) is 59.8 Å². The van der Waals surface area contributed by atoms with Crippen LogP contribution in [0.4, 0.5) is 9.18 Å². The summed E-state index contributed by atoms with van der Waals surface area (Å²) >= 11 is 3.53. The zero-order chi connectivity index (χ0) is 23.3. The standard InChI is InChI=1S/C23H34BrFN4O3/c1-23(2,3)32-22(30)29(12-6-10-28-13-15-31-16-14-28)11-5-7-19-20-17(24)8-9-18(25)21(20)26-27(19)4/h8-9H,5-7,10-16H2,1-4H3. The molecular weight excluding hydrogens is 479 g/mol. The monoisotopic (exact) mass is 512 g/mol. The van der Waals surface area contributed by atoms with E-state index in [2.05, 4.69) is 25.9 Å². The van der Waals surface area contributed by atoms with Gasteiger partial charge in [0.05, 0.1) is 13.2 Å². The van der Waals surface area contributed by atoms with Gasteiger partial charge < -0.3 is 14.4 Å². The van der Waals surface area contributed by atoms with Crippen molar-refractivity contribution in [3.8, 4) is 0 Å². The first kappa shape index (κ1) is 24.9. The summed E-state index contributed by atoms with van der Waals surface area (Å²) in [5, 5.41) is 5.14. The number of morpholine rings is 1. The van der Waals surface area contributed by atoms with Crippen LogP contribution in [0.15, 0.2) is 16.6 Å². The van der Waals surface area contributed by atoms with Gasteiger partial charge in [-0.05, 0) is 52.2 Å². The SMILES string of the molecule is Cn1nc2c(F)ccc(Br)c2c1CCCN(CCCN1CCOCC1)C(=O)OC(C)(C)C. The normalized spacial score (nSPS) is 15.3. The van der Waals surface area contributed by atoms with Gasteiger partial charge in [-0.15, -0.1) is 0 Å². The minimum Gasteiger partial charge on any atom is -0.444 e. The molecule has 0 N–H and O–H groups in total. The predicted octanol–water partition coefficient (Wildman–Crippen LogP) is 4.37. The van der Waals surface area contributed by atoms with Crippen molar-refractivity contribution in [3.63, 3.8) is 0 Å². The van der Waals surface area contributed by atoms with E-state index in [1.54, 1.807) is 15.6 Å². The van der Waals surface area contributed by atoms with Gasteiger partial charge >= 0.3 is 6.09 Å². The molecule has 1 saturated heterocycles. The van der Waals surface area contributed by atoms with Gasteiger partial charge in [0.2, 0.25) is 0 Å². The van der Waals surface area contributed by atoms with E-state index in [0.717, 1.165) is 61.2 Å². The largest absolute Gasteiger partial charge is 0.444 e. The molecule has 1 aliphatic heterocycles. The van der Waals surface area contributed by atoms with Crippen LogP contribution >= 0.6 is 15.9 Å². The van der Waals surface area contributed by atoms with Crippen LogP contribution in [-0.4, -0.2) is 77.2 Å². The van der Waals surface area contributed by atoms with Gasteiger partial charge in [0, 0.05) is 55.3 Å². The van der Waals surface area contributed by atoms with Crippen molar-refractivity contribution in [2.24, 2.45) is 7.05 Å². The number of carbonyl (C=O) groups excluding carboxylic acids is 1. The van der Waals surface area contributed by atoms with E-state index in [-0.39, 0.29) is 11.9 Å². The molecule has 1 aromatic carbocycles. The molecule has 1 aliphatic rings. The number of nitrogens with zero attached hydrogens (tertiary/aromatic N) is 4. The second kappa shape index (κ2) is 10.9. The van der Waals surface area contributed by atoms with Crippen LogP contribution in [0.1, 0.15) is 39.3 Å². The Hall–Kier alpha value is -1.71. The summed E-state index contributed by atoms with van der Waals surface area (Å²) in [7, 11) is 1.83. The molecule has 2 aromatic rings. The molecule has 3 rings (SSSR count). The molecule has 0 bridgehead atoms. The van der Waals surface area contributed by atoms with Crippen molar-refractivity contribution >= 4 is 32.9 Å². The molecule has 32 heavy (non-hydrogen) atoms. The first-order chi connectivity index (χ1) is 15.2. The lowest BCUT2D eigenvalue weighted by Gasteiger charge is -2.30. The summed E-state index contributed by atoms with van der Waals surface area (Å²) in [5.41, 5.74) is 0.774. The van der Waals surface area contributed by atoms with Gasteiger partial charge in [0.25, 0.3) is 0 Å². The van der Waals surface area contributed by atoms with E-state index < -0.39 is 5.60 Å². The molecule has 0 aliphatic carbocycles. The second-order valence-electron chi connectivity index (χ2n) is 9.20. The van der Waals surface area contributed by atoms with E-state index in [9.17, 15) is 9.18 Å². The van der Waals surface area contributed by atoms with Crippen LogP contribution < -0.4 is 0 Å². The van der Waals surface area contributed by atoms with Gasteiger partial charge in [-0.3, -0.25) is 9.58 Å². The fourth-order valence-electron chi connectivity index (χ4n) is 3.94. The number of halogens is 2. The predicted molar refractivity (Wildman–Crippen MR) is 126 cm³/mol. The molecule has 0 spiro atoms. The number of fused-ring (bicyclic) bond motifs is 1. The molecule has 178 valence electrons. The molecule has 0 atom stereocenters. The van der Waals surface area contributed by atoms with Crippen LogP contribution in [-0.2, 0) is 22.9 Å². The third-order valence-corrected chi connectivity index (χ3v) is 6.17. The molecule has 0 saturated carbocycles. The van der Waals surface area contributed by atoms with Gasteiger partial charge in [0.1, 0.15) is 11.1 Å². The number of rotatable bonds is 8. The molecule has 9 heteroatoms. The Labute approximate surface area is 197 Å². The number of ether oxygens (including phenoxy) is 2. The lowest BCUT2D eigenvalue weighted by molar-refractivity contribution is 0.0204. The number of benzene rings is 1. The third-order valence-electron chi connectivity index (χ3n) is 5.51.